The number of aliphatic carboxylic acids is 1. The van der Waals surface area contributed by atoms with Crippen LogP contribution in [-0.2, 0) is 9.53 Å². The second kappa shape index (κ2) is 4.52. The molecule has 2 atom stereocenters. The van der Waals surface area contributed by atoms with Gasteiger partial charge in [0.05, 0.1) is 6.10 Å². The molecule has 0 bridgehead atoms. The molecule has 17 heavy (non-hydrogen) atoms. The van der Waals surface area contributed by atoms with Gasteiger partial charge in [0.25, 0.3) is 0 Å². The Morgan fingerprint density at radius 3 is 2.35 bits per heavy atom. The number of carboxylic acids is 1. The summed E-state index contributed by atoms with van der Waals surface area (Å²) >= 11 is 0. The molecule has 1 amide bonds. The lowest BCUT2D eigenvalue weighted by molar-refractivity contribution is -0.148. The first-order chi connectivity index (χ1) is 7.67. The standard InChI is InChI=1S/C11H19NO5/c1-10(2,3)17-9(16)12-11(8(14)15)6-4-5-7(11)13/h7,13H,4-6H2,1-3H3,(H,12,16)(H,14,15)/t7-,11+/m1/s1. The van der Waals surface area contributed by atoms with Gasteiger partial charge in [-0.25, -0.2) is 9.59 Å². The maximum atomic E-state index is 11.6. The number of carboxylic acid groups (broad SMARTS) is 1. The number of alkyl carbamates (subject to hydrolysis) is 1. The van der Waals surface area contributed by atoms with E-state index in [4.69, 9.17) is 9.84 Å². The van der Waals surface area contributed by atoms with Crippen LogP contribution in [0.15, 0.2) is 0 Å². The van der Waals surface area contributed by atoms with Crippen molar-refractivity contribution < 1.29 is 24.5 Å². The number of carbonyl (C=O) groups is 2. The maximum absolute atomic E-state index is 11.6. The first-order valence-corrected chi connectivity index (χ1v) is 5.60. The molecule has 0 aromatic carbocycles. The summed E-state index contributed by atoms with van der Waals surface area (Å²) in [7, 11) is 0. The van der Waals surface area contributed by atoms with Gasteiger partial charge < -0.3 is 20.3 Å². The van der Waals surface area contributed by atoms with Gasteiger partial charge in [-0.05, 0) is 40.0 Å². The largest absolute Gasteiger partial charge is 0.479 e. The highest BCUT2D eigenvalue weighted by Crippen LogP contribution is 2.30. The van der Waals surface area contributed by atoms with Gasteiger partial charge in [0.1, 0.15) is 5.60 Å². The van der Waals surface area contributed by atoms with E-state index in [9.17, 15) is 14.7 Å². The molecule has 6 nitrogen and oxygen atoms in total. The SMILES string of the molecule is CC(C)(C)OC(=O)N[C@@]1(C(=O)O)CCC[C@H]1O. The van der Waals surface area contributed by atoms with Crippen molar-refractivity contribution in [3.63, 3.8) is 0 Å². The summed E-state index contributed by atoms with van der Waals surface area (Å²) in [6.07, 6.45) is -0.762. The molecule has 0 unspecified atom stereocenters. The van der Waals surface area contributed by atoms with Gasteiger partial charge >= 0.3 is 12.1 Å². The number of nitrogens with one attached hydrogen (secondary N) is 1. The van der Waals surface area contributed by atoms with Gasteiger partial charge in [-0.2, -0.15) is 0 Å². The molecule has 0 heterocycles. The molecule has 0 aliphatic heterocycles. The van der Waals surface area contributed by atoms with Gasteiger partial charge in [-0.3, -0.25) is 0 Å². The molecule has 1 aliphatic rings. The summed E-state index contributed by atoms with van der Waals surface area (Å²) in [5.41, 5.74) is -2.31. The van der Waals surface area contributed by atoms with E-state index < -0.39 is 29.3 Å². The maximum Gasteiger partial charge on any atom is 0.408 e. The summed E-state index contributed by atoms with van der Waals surface area (Å²) in [6.45, 7) is 5.06. The Balaban J connectivity index is 2.75. The van der Waals surface area contributed by atoms with E-state index in [1.54, 1.807) is 20.8 Å². The lowest BCUT2D eigenvalue weighted by Gasteiger charge is -2.30. The van der Waals surface area contributed by atoms with Crippen molar-refractivity contribution >= 4 is 12.1 Å². The van der Waals surface area contributed by atoms with Gasteiger partial charge in [0, 0.05) is 0 Å². The molecule has 98 valence electrons. The third-order valence-corrected chi connectivity index (χ3v) is 2.72. The van der Waals surface area contributed by atoms with Crippen molar-refractivity contribution in [1.82, 2.24) is 5.32 Å². The second-order valence-electron chi connectivity index (χ2n) is 5.31. The molecule has 3 N–H and O–H groups in total. The number of hydrogen-bond acceptors (Lipinski definition) is 4. The van der Waals surface area contributed by atoms with Crippen molar-refractivity contribution in [2.45, 2.75) is 57.3 Å². The molecule has 1 saturated carbocycles. The fourth-order valence-electron chi connectivity index (χ4n) is 1.92. The molecule has 0 aromatic rings. The van der Waals surface area contributed by atoms with Crippen LogP contribution in [-0.4, -0.2) is 39.5 Å². The number of rotatable bonds is 2. The topological polar surface area (TPSA) is 95.9 Å². The van der Waals surface area contributed by atoms with Crippen molar-refractivity contribution in [2.24, 2.45) is 0 Å². The van der Waals surface area contributed by atoms with Crippen LogP contribution in [0.3, 0.4) is 0 Å². The summed E-state index contributed by atoms with van der Waals surface area (Å²) in [6, 6.07) is 0. The number of carbonyl (C=O) groups excluding carboxylic acids is 1. The number of ether oxygens (including phenoxy) is 1. The minimum absolute atomic E-state index is 0.211. The predicted octanol–water partition coefficient (Wildman–Crippen LogP) is 0.879. The van der Waals surface area contributed by atoms with Gasteiger partial charge in [0.15, 0.2) is 5.54 Å². The van der Waals surface area contributed by atoms with E-state index in [0.29, 0.717) is 12.8 Å². The van der Waals surface area contributed by atoms with Crippen molar-refractivity contribution in [1.29, 1.82) is 0 Å². The van der Waals surface area contributed by atoms with Crippen LogP contribution in [0.2, 0.25) is 0 Å². The zero-order chi connectivity index (χ0) is 13.3. The quantitative estimate of drug-likeness (QED) is 0.671. The van der Waals surface area contributed by atoms with Crippen LogP contribution < -0.4 is 5.32 Å². The Labute approximate surface area is 100.0 Å². The molecule has 0 saturated heterocycles. The van der Waals surface area contributed by atoms with Gasteiger partial charge in [-0.15, -0.1) is 0 Å². The molecular weight excluding hydrogens is 226 g/mol. The zero-order valence-corrected chi connectivity index (χ0v) is 10.3. The molecule has 0 aromatic heterocycles. The highest BCUT2D eigenvalue weighted by molar-refractivity contribution is 5.85. The van der Waals surface area contributed by atoms with E-state index in [-0.39, 0.29) is 6.42 Å². The monoisotopic (exact) mass is 245 g/mol. The third-order valence-electron chi connectivity index (χ3n) is 2.72. The first kappa shape index (κ1) is 13.8. The van der Waals surface area contributed by atoms with Crippen molar-refractivity contribution in [2.75, 3.05) is 0 Å². The Kier molecular flexibility index (Phi) is 3.66. The van der Waals surface area contributed by atoms with E-state index in [1.807, 2.05) is 0 Å². The molecule has 1 aliphatic carbocycles. The molecular formula is C11H19NO5. The number of aliphatic hydroxyl groups excluding tert-OH is 1. The van der Waals surface area contributed by atoms with Crippen molar-refractivity contribution in [3.8, 4) is 0 Å². The predicted molar refractivity (Wildman–Crippen MR) is 59.6 cm³/mol. The molecule has 6 heteroatoms. The van der Waals surface area contributed by atoms with Crippen LogP contribution in [0.1, 0.15) is 40.0 Å². The number of aliphatic hydroxyl groups is 1. The number of hydrogen-bond donors (Lipinski definition) is 3. The molecule has 1 rings (SSSR count). The molecule has 0 radical (unpaired) electrons. The fourth-order valence-corrected chi connectivity index (χ4v) is 1.92. The lowest BCUT2D eigenvalue weighted by Crippen LogP contribution is -2.60. The summed E-state index contributed by atoms with van der Waals surface area (Å²) in [4.78, 5) is 22.8. The van der Waals surface area contributed by atoms with Crippen LogP contribution in [0.25, 0.3) is 0 Å². The summed E-state index contributed by atoms with van der Waals surface area (Å²) in [5, 5.41) is 21.1. The van der Waals surface area contributed by atoms with E-state index in [1.165, 1.54) is 0 Å². The molecule has 1 fully saturated rings. The molecule has 0 spiro atoms. The van der Waals surface area contributed by atoms with Crippen LogP contribution in [0.5, 0.6) is 0 Å². The highest BCUT2D eigenvalue weighted by Gasteiger charge is 2.50. The van der Waals surface area contributed by atoms with E-state index in [2.05, 4.69) is 5.32 Å². The van der Waals surface area contributed by atoms with Gasteiger partial charge in [-0.1, -0.05) is 0 Å². The normalized spacial score (nSPS) is 28.8. The Morgan fingerprint density at radius 1 is 1.41 bits per heavy atom. The first-order valence-electron chi connectivity index (χ1n) is 5.60. The minimum atomic E-state index is -1.61. The fraction of sp³-hybridized carbons (Fsp3) is 0.818. The van der Waals surface area contributed by atoms with Gasteiger partial charge in [0.2, 0.25) is 0 Å². The average molecular weight is 245 g/mol. The zero-order valence-electron chi connectivity index (χ0n) is 10.3. The Morgan fingerprint density at radius 2 is 2.00 bits per heavy atom. The number of amides is 1. The minimum Gasteiger partial charge on any atom is -0.479 e. The average Bonchev–Trinajstić information content (AvgIpc) is 2.45. The van der Waals surface area contributed by atoms with Crippen LogP contribution in [0.4, 0.5) is 4.79 Å². The summed E-state index contributed by atoms with van der Waals surface area (Å²) in [5.74, 6) is -1.23. The Hall–Kier alpha value is -1.30. The third kappa shape index (κ3) is 3.09. The lowest BCUT2D eigenvalue weighted by atomic mass is 9.95. The van der Waals surface area contributed by atoms with Crippen LogP contribution in [0, 0.1) is 0 Å². The van der Waals surface area contributed by atoms with E-state index >= 15 is 0 Å². The summed E-state index contributed by atoms with van der Waals surface area (Å²) < 4.78 is 5.00. The van der Waals surface area contributed by atoms with Crippen LogP contribution >= 0.6 is 0 Å². The second-order valence-corrected chi connectivity index (χ2v) is 5.31. The highest BCUT2D eigenvalue weighted by atomic mass is 16.6. The Bertz CT molecular complexity index is 322. The smallest absolute Gasteiger partial charge is 0.408 e. The van der Waals surface area contributed by atoms with Crippen molar-refractivity contribution in [3.05, 3.63) is 0 Å². The van der Waals surface area contributed by atoms with E-state index in [0.717, 1.165) is 0 Å².